The fraction of sp³-hybridized carbons (Fsp3) is 0.278. The lowest BCUT2D eigenvalue weighted by atomic mass is 10.1. The van der Waals surface area contributed by atoms with Crippen LogP contribution in [0.25, 0.3) is 0 Å². The van der Waals surface area contributed by atoms with Crippen LogP contribution in [-0.2, 0) is 11.2 Å². The number of rotatable bonds is 6. The zero-order valence-electron chi connectivity index (χ0n) is 13.2. The Hall–Kier alpha value is -2.33. The minimum atomic E-state index is -0.138. The summed E-state index contributed by atoms with van der Waals surface area (Å²) in [5.74, 6) is 0.534. The first-order chi connectivity index (χ1) is 10.6. The Labute approximate surface area is 131 Å². The molecule has 22 heavy (non-hydrogen) atoms. The molecule has 0 aromatic heterocycles. The zero-order chi connectivity index (χ0) is 15.9. The number of anilines is 1. The molecule has 0 saturated heterocycles. The highest BCUT2D eigenvalue weighted by atomic mass is 16.5. The summed E-state index contributed by atoms with van der Waals surface area (Å²) in [5, 5.41) is 2.91. The van der Waals surface area contributed by atoms with Crippen molar-refractivity contribution in [1.29, 1.82) is 0 Å². The topological polar surface area (TPSA) is 47.6 Å². The van der Waals surface area contributed by atoms with Gasteiger partial charge in [0, 0.05) is 18.4 Å². The van der Waals surface area contributed by atoms with E-state index in [9.17, 15) is 4.79 Å². The van der Waals surface area contributed by atoms with Crippen molar-refractivity contribution >= 4 is 11.6 Å². The number of nitrogens with one attached hydrogen (secondary N) is 1. The smallest absolute Gasteiger partial charge is 0.256 e. The molecule has 0 atom stereocenters. The van der Waals surface area contributed by atoms with Crippen molar-refractivity contribution in [1.82, 2.24) is 0 Å². The second-order valence-corrected chi connectivity index (χ2v) is 5.07. The van der Waals surface area contributed by atoms with Gasteiger partial charge in [-0.2, -0.15) is 0 Å². The predicted octanol–water partition coefficient (Wildman–Crippen LogP) is 3.44. The maximum atomic E-state index is 12.4. The van der Waals surface area contributed by atoms with Crippen LogP contribution < -0.4 is 10.1 Å². The fourth-order valence-electron chi connectivity index (χ4n) is 2.15. The minimum absolute atomic E-state index is 0.138. The quantitative estimate of drug-likeness (QED) is 0.888. The third-order valence-electron chi connectivity index (χ3n) is 3.50. The van der Waals surface area contributed by atoms with Gasteiger partial charge in [0.25, 0.3) is 5.91 Å². The number of hydrogen-bond donors (Lipinski definition) is 1. The van der Waals surface area contributed by atoms with Crippen molar-refractivity contribution in [2.24, 2.45) is 0 Å². The molecule has 0 unspecified atom stereocenters. The molecule has 0 bridgehead atoms. The van der Waals surface area contributed by atoms with E-state index >= 15 is 0 Å². The van der Waals surface area contributed by atoms with Gasteiger partial charge in [-0.05, 0) is 48.7 Å². The number of ether oxygens (including phenoxy) is 2. The number of carbonyl (C=O) groups is 1. The molecular formula is C18H21NO3. The first-order valence-corrected chi connectivity index (χ1v) is 7.18. The molecule has 116 valence electrons. The van der Waals surface area contributed by atoms with Crippen molar-refractivity contribution in [3.05, 3.63) is 59.2 Å². The normalized spacial score (nSPS) is 10.3. The van der Waals surface area contributed by atoms with Crippen LogP contribution >= 0.6 is 0 Å². The summed E-state index contributed by atoms with van der Waals surface area (Å²) < 4.78 is 10.2. The highest BCUT2D eigenvalue weighted by Gasteiger charge is 2.10. The second-order valence-electron chi connectivity index (χ2n) is 5.07. The molecular weight excluding hydrogens is 278 g/mol. The van der Waals surface area contributed by atoms with E-state index < -0.39 is 0 Å². The van der Waals surface area contributed by atoms with Crippen LogP contribution in [0.4, 0.5) is 5.69 Å². The summed E-state index contributed by atoms with van der Waals surface area (Å²) in [6.07, 6.45) is 0.861. The number of amides is 1. The number of aryl methyl sites for hydroxylation is 1. The van der Waals surface area contributed by atoms with Crippen LogP contribution in [0.3, 0.4) is 0 Å². The highest BCUT2D eigenvalue weighted by molar-refractivity contribution is 6.05. The molecule has 4 heteroatoms. The Morgan fingerprint density at radius 2 is 1.82 bits per heavy atom. The van der Waals surface area contributed by atoms with Crippen molar-refractivity contribution in [3.63, 3.8) is 0 Å². The summed E-state index contributed by atoms with van der Waals surface area (Å²) in [4.78, 5) is 12.4. The van der Waals surface area contributed by atoms with Crippen LogP contribution in [0.5, 0.6) is 5.75 Å². The van der Waals surface area contributed by atoms with E-state index in [-0.39, 0.29) is 5.91 Å². The van der Waals surface area contributed by atoms with Crippen LogP contribution in [-0.4, -0.2) is 26.7 Å². The van der Waals surface area contributed by atoms with Crippen molar-refractivity contribution in [3.8, 4) is 5.75 Å². The zero-order valence-corrected chi connectivity index (χ0v) is 13.2. The van der Waals surface area contributed by atoms with Gasteiger partial charge in [0.05, 0.1) is 13.7 Å². The molecule has 0 saturated carbocycles. The van der Waals surface area contributed by atoms with Crippen molar-refractivity contribution in [2.75, 3.05) is 26.1 Å². The first kappa shape index (κ1) is 16.0. The monoisotopic (exact) mass is 299 g/mol. The van der Waals surface area contributed by atoms with Crippen LogP contribution in [0.2, 0.25) is 0 Å². The Balaban J connectivity index is 2.08. The molecule has 1 amide bonds. The fourth-order valence-corrected chi connectivity index (χ4v) is 2.15. The van der Waals surface area contributed by atoms with E-state index in [1.165, 1.54) is 5.56 Å². The standard InChI is InChI=1S/C18H21NO3/c1-13-4-9-16(22-3)12-17(13)18(20)19-15-7-5-14(6-8-15)10-11-21-2/h4-9,12H,10-11H2,1-3H3,(H,19,20). The summed E-state index contributed by atoms with van der Waals surface area (Å²) in [5.41, 5.74) is 3.48. The third-order valence-corrected chi connectivity index (χ3v) is 3.50. The van der Waals surface area contributed by atoms with Crippen molar-refractivity contribution < 1.29 is 14.3 Å². The third kappa shape index (κ3) is 4.09. The predicted molar refractivity (Wildman–Crippen MR) is 87.7 cm³/mol. The van der Waals surface area contributed by atoms with Gasteiger partial charge >= 0.3 is 0 Å². The molecule has 0 spiro atoms. The Morgan fingerprint density at radius 1 is 1.09 bits per heavy atom. The molecule has 1 N–H and O–H groups in total. The van der Waals surface area contributed by atoms with E-state index in [0.717, 1.165) is 17.7 Å². The largest absolute Gasteiger partial charge is 0.497 e. The lowest BCUT2D eigenvalue weighted by molar-refractivity contribution is 0.102. The lowest BCUT2D eigenvalue weighted by Crippen LogP contribution is -2.13. The van der Waals surface area contributed by atoms with Gasteiger partial charge in [-0.25, -0.2) is 0 Å². The van der Waals surface area contributed by atoms with Crippen molar-refractivity contribution in [2.45, 2.75) is 13.3 Å². The molecule has 4 nitrogen and oxygen atoms in total. The van der Waals surface area contributed by atoms with Gasteiger partial charge in [0.1, 0.15) is 5.75 Å². The average Bonchev–Trinajstić information content (AvgIpc) is 2.54. The first-order valence-electron chi connectivity index (χ1n) is 7.18. The Bertz CT molecular complexity index is 635. The maximum absolute atomic E-state index is 12.4. The average molecular weight is 299 g/mol. The molecule has 2 aromatic carbocycles. The maximum Gasteiger partial charge on any atom is 0.256 e. The van der Waals surface area contributed by atoms with E-state index in [2.05, 4.69) is 5.32 Å². The Kier molecular flexibility index (Phi) is 5.55. The SMILES string of the molecule is COCCc1ccc(NC(=O)c2cc(OC)ccc2C)cc1. The van der Waals surface area contributed by atoms with Crippen LogP contribution in [0.1, 0.15) is 21.5 Å². The van der Waals surface area contributed by atoms with Gasteiger partial charge in [0.15, 0.2) is 0 Å². The van der Waals surface area contributed by atoms with Gasteiger partial charge in [-0.3, -0.25) is 4.79 Å². The lowest BCUT2D eigenvalue weighted by Gasteiger charge is -2.10. The van der Waals surface area contributed by atoms with Gasteiger partial charge < -0.3 is 14.8 Å². The molecule has 0 fully saturated rings. The molecule has 2 aromatic rings. The summed E-state index contributed by atoms with van der Waals surface area (Å²) in [6.45, 7) is 2.59. The summed E-state index contributed by atoms with van der Waals surface area (Å²) in [6, 6.07) is 13.3. The van der Waals surface area contributed by atoms with E-state index in [1.54, 1.807) is 20.3 Å². The number of benzene rings is 2. The number of methoxy groups -OCH3 is 2. The minimum Gasteiger partial charge on any atom is -0.497 e. The van der Waals surface area contributed by atoms with E-state index in [4.69, 9.17) is 9.47 Å². The van der Waals surface area contributed by atoms with Gasteiger partial charge in [0.2, 0.25) is 0 Å². The van der Waals surface area contributed by atoms with Crippen LogP contribution in [0, 0.1) is 6.92 Å². The molecule has 0 aliphatic heterocycles. The molecule has 0 aliphatic rings. The van der Waals surface area contributed by atoms with Gasteiger partial charge in [-0.15, -0.1) is 0 Å². The highest BCUT2D eigenvalue weighted by Crippen LogP contribution is 2.19. The summed E-state index contributed by atoms with van der Waals surface area (Å²) in [7, 11) is 3.27. The number of carbonyl (C=O) groups excluding carboxylic acids is 1. The Morgan fingerprint density at radius 3 is 2.45 bits per heavy atom. The van der Waals surface area contributed by atoms with E-state index in [1.807, 2.05) is 43.3 Å². The summed E-state index contributed by atoms with van der Waals surface area (Å²) >= 11 is 0. The second kappa shape index (κ2) is 7.61. The number of hydrogen-bond acceptors (Lipinski definition) is 3. The molecule has 2 rings (SSSR count). The molecule has 0 heterocycles. The van der Waals surface area contributed by atoms with E-state index in [0.29, 0.717) is 17.9 Å². The van der Waals surface area contributed by atoms with Gasteiger partial charge in [-0.1, -0.05) is 18.2 Å². The molecule has 0 radical (unpaired) electrons. The van der Waals surface area contributed by atoms with Crippen LogP contribution in [0.15, 0.2) is 42.5 Å². The molecule has 0 aliphatic carbocycles.